The molecule has 4 heteroatoms. The number of anilines is 1. The minimum Gasteiger partial charge on any atom is -0.439 e. The van der Waals surface area contributed by atoms with Gasteiger partial charge in [-0.1, -0.05) is 18.2 Å². The molecule has 0 saturated heterocycles. The second-order valence-corrected chi connectivity index (χ2v) is 5.74. The molecule has 1 unspecified atom stereocenters. The van der Waals surface area contributed by atoms with Crippen LogP contribution >= 0.6 is 0 Å². The standard InChI is InChI=1S/C17H15NO3/c1-10(19)18-9-8-12(11-6-7-11)15-16(20)13-4-2-3-5-14(13)21-17(15)18/h2-5,8-9,11-12H,6-7H2,1H3. The molecule has 1 aromatic heterocycles. The highest BCUT2D eigenvalue weighted by Gasteiger charge is 2.38. The largest absolute Gasteiger partial charge is 0.439 e. The maximum Gasteiger partial charge on any atom is 0.230 e. The predicted molar refractivity (Wildman–Crippen MR) is 80.2 cm³/mol. The van der Waals surface area contributed by atoms with Crippen molar-refractivity contribution in [1.29, 1.82) is 0 Å². The summed E-state index contributed by atoms with van der Waals surface area (Å²) in [5.41, 5.74) is 1.14. The molecule has 4 nitrogen and oxygen atoms in total. The molecule has 1 atom stereocenters. The highest BCUT2D eigenvalue weighted by Crippen LogP contribution is 2.47. The Bertz CT molecular complexity index is 830. The summed E-state index contributed by atoms with van der Waals surface area (Å²) in [6.07, 6.45) is 5.96. The first kappa shape index (κ1) is 12.4. The number of rotatable bonds is 1. The van der Waals surface area contributed by atoms with Crippen LogP contribution in [0.1, 0.15) is 31.2 Å². The third-order valence-electron chi connectivity index (χ3n) is 4.28. The first-order valence-corrected chi connectivity index (χ1v) is 7.20. The molecule has 106 valence electrons. The number of fused-ring (bicyclic) bond motifs is 2. The van der Waals surface area contributed by atoms with Gasteiger partial charge in [-0.3, -0.25) is 14.5 Å². The zero-order chi connectivity index (χ0) is 14.6. The highest BCUT2D eigenvalue weighted by atomic mass is 16.4. The molecule has 1 saturated carbocycles. The van der Waals surface area contributed by atoms with Crippen LogP contribution in [0, 0.1) is 5.92 Å². The molecule has 2 aliphatic rings. The molecular formula is C17H15NO3. The Kier molecular flexibility index (Phi) is 2.55. The smallest absolute Gasteiger partial charge is 0.230 e. The van der Waals surface area contributed by atoms with Gasteiger partial charge in [-0.15, -0.1) is 0 Å². The van der Waals surface area contributed by atoms with Crippen molar-refractivity contribution >= 4 is 22.8 Å². The summed E-state index contributed by atoms with van der Waals surface area (Å²) in [6.45, 7) is 1.47. The number of nitrogens with zero attached hydrogens (tertiary/aromatic N) is 1. The SMILES string of the molecule is CC(=O)N1C=CC(C2CC2)c2c1oc1ccccc1c2=O. The Morgan fingerprint density at radius 3 is 2.76 bits per heavy atom. The minimum absolute atomic E-state index is 0.0145. The molecule has 1 aromatic carbocycles. The number of carbonyl (C=O) groups excluding carboxylic acids is 1. The lowest BCUT2D eigenvalue weighted by Crippen LogP contribution is -2.30. The zero-order valence-electron chi connectivity index (χ0n) is 11.7. The van der Waals surface area contributed by atoms with Crippen LogP contribution in [0.3, 0.4) is 0 Å². The van der Waals surface area contributed by atoms with E-state index in [9.17, 15) is 9.59 Å². The number of para-hydroxylation sites is 1. The lowest BCUT2D eigenvalue weighted by atomic mass is 9.91. The van der Waals surface area contributed by atoms with Crippen molar-refractivity contribution in [2.45, 2.75) is 25.7 Å². The molecule has 21 heavy (non-hydrogen) atoms. The van der Waals surface area contributed by atoms with E-state index in [1.807, 2.05) is 18.2 Å². The Hall–Kier alpha value is -2.36. The van der Waals surface area contributed by atoms with Gasteiger partial charge in [0.2, 0.25) is 11.8 Å². The number of amides is 1. The van der Waals surface area contributed by atoms with Gasteiger partial charge in [0.25, 0.3) is 0 Å². The van der Waals surface area contributed by atoms with Gasteiger partial charge in [-0.2, -0.15) is 0 Å². The van der Waals surface area contributed by atoms with Gasteiger partial charge in [-0.25, -0.2) is 0 Å². The van der Waals surface area contributed by atoms with Crippen LogP contribution in [0.2, 0.25) is 0 Å². The number of benzene rings is 1. The molecule has 2 aromatic rings. The summed E-state index contributed by atoms with van der Waals surface area (Å²) in [4.78, 5) is 26.1. The van der Waals surface area contributed by atoms with E-state index in [-0.39, 0.29) is 17.3 Å². The van der Waals surface area contributed by atoms with Crippen molar-refractivity contribution < 1.29 is 9.21 Å². The fourth-order valence-electron chi connectivity index (χ4n) is 3.06. The fourth-order valence-corrected chi connectivity index (χ4v) is 3.06. The number of allylic oxidation sites excluding steroid dienone is 1. The van der Waals surface area contributed by atoms with Crippen LogP contribution in [0.5, 0.6) is 0 Å². The highest BCUT2D eigenvalue weighted by molar-refractivity contribution is 5.94. The molecule has 1 amide bonds. The Balaban J connectivity index is 2.04. The van der Waals surface area contributed by atoms with Crippen molar-refractivity contribution in [2.75, 3.05) is 4.90 Å². The van der Waals surface area contributed by atoms with E-state index >= 15 is 0 Å². The fraction of sp³-hybridized carbons (Fsp3) is 0.294. The summed E-state index contributed by atoms with van der Waals surface area (Å²) in [7, 11) is 0. The summed E-state index contributed by atoms with van der Waals surface area (Å²) in [5.74, 6) is 0.806. The number of carbonyl (C=O) groups is 1. The molecule has 0 N–H and O–H groups in total. The molecule has 0 spiro atoms. The van der Waals surface area contributed by atoms with E-state index in [0.717, 1.165) is 12.8 Å². The third-order valence-corrected chi connectivity index (χ3v) is 4.28. The Morgan fingerprint density at radius 1 is 1.29 bits per heavy atom. The Labute approximate surface area is 121 Å². The molecule has 2 heterocycles. The van der Waals surface area contributed by atoms with Gasteiger partial charge < -0.3 is 4.42 Å². The van der Waals surface area contributed by atoms with E-state index in [0.29, 0.717) is 28.3 Å². The number of hydrogen-bond acceptors (Lipinski definition) is 3. The predicted octanol–water partition coefficient (Wildman–Crippen LogP) is 3.17. The van der Waals surface area contributed by atoms with Gasteiger partial charge in [-0.05, 0) is 30.9 Å². The summed E-state index contributed by atoms with van der Waals surface area (Å²) < 4.78 is 5.90. The maximum absolute atomic E-state index is 12.9. The molecule has 1 aliphatic carbocycles. The third kappa shape index (κ3) is 1.82. The van der Waals surface area contributed by atoms with Crippen LogP contribution in [-0.4, -0.2) is 5.91 Å². The molecule has 4 rings (SSSR count). The maximum atomic E-state index is 12.9. The van der Waals surface area contributed by atoms with Gasteiger partial charge in [0.15, 0.2) is 5.43 Å². The van der Waals surface area contributed by atoms with E-state index < -0.39 is 0 Å². The minimum atomic E-state index is -0.153. The van der Waals surface area contributed by atoms with Crippen LogP contribution in [0.15, 0.2) is 45.8 Å². The quantitative estimate of drug-likeness (QED) is 0.806. The van der Waals surface area contributed by atoms with Crippen molar-refractivity contribution in [3.05, 3.63) is 52.3 Å². The first-order valence-electron chi connectivity index (χ1n) is 7.20. The van der Waals surface area contributed by atoms with Gasteiger partial charge in [0.1, 0.15) is 5.58 Å². The molecule has 0 bridgehead atoms. The lowest BCUT2D eigenvalue weighted by molar-refractivity contribution is -0.116. The van der Waals surface area contributed by atoms with Crippen molar-refractivity contribution in [1.82, 2.24) is 0 Å². The average Bonchev–Trinajstić information content (AvgIpc) is 3.31. The van der Waals surface area contributed by atoms with E-state index in [2.05, 4.69) is 0 Å². The summed E-state index contributed by atoms with van der Waals surface area (Å²) >= 11 is 0. The number of hydrogen-bond donors (Lipinski definition) is 0. The molecule has 0 radical (unpaired) electrons. The molecule has 1 aliphatic heterocycles. The average molecular weight is 281 g/mol. The van der Waals surface area contributed by atoms with E-state index in [1.54, 1.807) is 18.3 Å². The molecular weight excluding hydrogens is 266 g/mol. The first-order chi connectivity index (χ1) is 10.2. The van der Waals surface area contributed by atoms with Crippen molar-refractivity contribution in [3.8, 4) is 0 Å². The zero-order valence-corrected chi connectivity index (χ0v) is 11.7. The second kappa shape index (κ2) is 4.32. The molecule has 1 fully saturated rings. The van der Waals surface area contributed by atoms with Crippen molar-refractivity contribution in [2.24, 2.45) is 5.92 Å². The second-order valence-electron chi connectivity index (χ2n) is 5.74. The van der Waals surface area contributed by atoms with Gasteiger partial charge >= 0.3 is 0 Å². The topological polar surface area (TPSA) is 50.5 Å². The lowest BCUT2D eigenvalue weighted by Gasteiger charge is -2.26. The monoisotopic (exact) mass is 281 g/mol. The van der Waals surface area contributed by atoms with E-state index in [1.165, 1.54) is 11.8 Å². The van der Waals surface area contributed by atoms with E-state index in [4.69, 9.17) is 4.42 Å². The van der Waals surface area contributed by atoms with Gasteiger partial charge in [0.05, 0.1) is 10.9 Å². The van der Waals surface area contributed by atoms with Crippen LogP contribution < -0.4 is 10.3 Å². The Morgan fingerprint density at radius 2 is 2.05 bits per heavy atom. The summed E-state index contributed by atoms with van der Waals surface area (Å²) in [5, 5.41) is 0.584. The summed E-state index contributed by atoms with van der Waals surface area (Å²) in [6, 6.07) is 7.20. The van der Waals surface area contributed by atoms with Crippen LogP contribution in [0.4, 0.5) is 5.88 Å². The normalized spacial score (nSPS) is 20.6. The van der Waals surface area contributed by atoms with Crippen LogP contribution in [0.25, 0.3) is 11.0 Å². The van der Waals surface area contributed by atoms with Crippen molar-refractivity contribution in [3.63, 3.8) is 0 Å². The van der Waals surface area contributed by atoms with Gasteiger partial charge in [0, 0.05) is 19.0 Å². The van der Waals surface area contributed by atoms with Crippen LogP contribution in [-0.2, 0) is 4.79 Å².